The van der Waals surface area contributed by atoms with Crippen molar-refractivity contribution in [1.82, 2.24) is 4.98 Å². The Kier molecular flexibility index (Phi) is 4.92. The van der Waals surface area contributed by atoms with E-state index in [1.165, 1.54) is 0 Å². The third-order valence-electron chi connectivity index (χ3n) is 5.38. The quantitative estimate of drug-likeness (QED) is 0.582. The summed E-state index contributed by atoms with van der Waals surface area (Å²) in [6.45, 7) is 4.13. The highest BCUT2D eigenvalue weighted by molar-refractivity contribution is 9.10. The van der Waals surface area contributed by atoms with E-state index in [1.807, 2.05) is 24.3 Å². The molecular weight excluding hydrogens is 440 g/mol. The van der Waals surface area contributed by atoms with Gasteiger partial charge in [0.15, 0.2) is 5.78 Å². The molecular formula is C22H20BrClN2O2. The molecule has 1 aromatic heterocycles. The van der Waals surface area contributed by atoms with Crippen molar-refractivity contribution in [3.05, 3.63) is 69.1 Å². The number of amides is 1. The van der Waals surface area contributed by atoms with Gasteiger partial charge in [-0.15, -0.1) is 0 Å². The molecule has 2 aromatic rings. The number of halogens is 2. The van der Waals surface area contributed by atoms with E-state index in [2.05, 4.69) is 34.8 Å². The summed E-state index contributed by atoms with van der Waals surface area (Å²) in [5.74, 6) is -0.210. The molecule has 6 heteroatoms. The van der Waals surface area contributed by atoms with Crippen LogP contribution in [0.15, 0.2) is 58.5 Å². The molecule has 1 amide bonds. The highest BCUT2D eigenvalue weighted by Gasteiger charge is 2.44. The van der Waals surface area contributed by atoms with Crippen LogP contribution in [-0.2, 0) is 9.59 Å². The van der Waals surface area contributed by atoms with Crippen LogP contribution in [0.2, 0.25) is 5.02 Å². The molecule has 0 spiro atoms. The number of allylic oxidation sites excluding steroid dienone is 2. The third-order valence-corrected chi connectivity index (χ3v) is 6.18. The summed E-state index contributed by atoms with van der Waals surface area (Å²) in [6, 6.07) is 9.23. The summed E-state index contributed by atoms with van der Waals surface area (Å²) in [6.07, 6.45) is 4.78. The van der Waals surface area contributed by atoms with Crippen LogP contribution in [0.1, 0.15) is 44.6 Å². The van der Waals surface area contributed by atoms with Crippen molar-refractivity contribution >= 4 is 44.9 Å². The average molecular weight is 460 g/mol. The Bertz CT molecular complexity index is 1000. The Balaban J connectivity index is 1.92. The maximum atomic E-state index is 13.3. The number of pyridine rings is 1. The van der Waals surface area contributed by atoms with Crippen LogP contribution < -0.4 is 4.90 Å². The SMILES string of the molecule is CC1(C)CC(=O)C2=C(C1)N(c1ccc(Br)cc1Cl)C(=O)C[C@H]2c1cccnc1. The van der Waals surface area contributed by atoms with Crippen LogP contribution in [-0.4, -0.2) is 16.7 Å². The fraction of sp³-hybridized carbons (Fsp3) is 0.318. The van der Waals surface area contributed by atoms with Gasteiger partial charge in [0, 0.05) is 46.9 Å². The van der Waals surface area contributed by atoms with Crippen molar-refractivity contribution in [3.8, 4) is 0 Å². The van der Waals surface area contributed by atoms with Gasteiger partial charge in [0.25, 0.3) is 0 Å². The van der Waals surface area contributed by atoms with Gasteiger partial charge < -0.3 is 0 Å². The van der Waals surface area contributed by atoms with E-state index < -0.39 is 0 Å². The minimum Gasteiger partial charge on any atom is -0.294 e. The van der Waals surface area contributed by atoms with Gasteiger partial charge in [-0.05, 0) is 41.7 Å². The first-order valence-corrected chi connectivity index (χ1v) is 10.4. The zero-order valence-corrected chi connectivity index (χ0v) is 18.0. The number of rotatable bonds is 2. The number of hydrogen-bond donors (Lipinski definition) is 0. The molecule has 0 unspecified atom stereocenters. The summed E-state index contributed by atoms with van der Waals surface area (Å²) in [5.41, 5.74) is 2.81. The van der Waals surface area contributed by atoms with Crippen molar-refractivity contribution in [2.75, 3.05) is 4.90 Å². The molecule has 0 fully saturated rings. The van der Waals surface area contributed by atoms with E-state index in [-0.39, 0.29) is 29.4 Å². The predicted octanol–water partition coefficient (Wildman–Crippen LogP) is 5.66. The zero-order valence-electron chi connectivity index (χ0n) is 15.7. The number of aromatic nitrogens is 1. The number of carbonyl (C=O) groups is 2. The van der Waals surface area contributed by atoms with E-state index in [0.717, 1.165) is 21.3 Å². The Morgan fingerprint density at radius 1 is 1.21 bits per heavy atom. The fourth-order valence-electron chi connectivity index (χ4n) is 4.22. The molecule has 144 valence electrons. The maximum Gasteiger partial charge on any atom is 0.232 e. The Labute approximate surface area is 177 Å². The maximum absolute atomic E-state index is 13.3. The normalized spacial score (nSPS) is 21.7. The van der Waals surface area contributed by atoms with E-state index >= 15 is 0 Å². The van der Waals surface area contributed by atoms with Crippen molar-refractivity contribution in [1.29, 1.82) is 0 Å². The number of hydrogen-bond acceptors (Lipinski definition) is 3. The molecule has 2 heterocycles. The molecule has 28 heavy (non-hydrogen) atoms. The molecule has 0 N–H and O–H groups in total. The molecule has 1 atom stereocenters. The molecule has 0 bridgehead atoms. The molecule has 1 aliphatic heterocycles. The number of Topliss-reactive ketones (excluding diaryl/α,β-unsaturated/α-hetero) is 1. The number of ketones is 1. The largest absolute Gasteiger partial charge is 0.294 e. The molecule has 4 nitrogen and oxygen atoms in total. The lowest BCUT2D eigenvalue weighted by molar-refractivity contribution is -0.121. The van der Waals surface area contributed by atoms with E-state index in [4.69, 9.17) is 11.6 Å². The molecule has 0 saturated carbocycles. The van der Waals surface area contributed by atoms with Crippen LogP contribution in [0.25, 0.3) is 0 Å². The minimum atomic E-state index is -0.259. The highest BCUT2D eigenvalue weighted by atomic mass is 79.9. The standard InChI is InChI=1S/C22H20BrClN2O2/c1-22(2)10-18-21(19(27)11-22)15(13-4-3-7-25-12-13)9-20(28)26(18)17-6-5-14(23)8-16(17)24/h3-8,12,15H,9-11H2,1-2H3/t15-/m0/s1. The van der Waals surface area contributed by atoms with Crippen molar-refractivity contribution in [2.24, 2.45) is 5.41 Å². The molecule has 0 radical (unpaired) electrons. The second-order valence-corrected chi connectivity index (χ2v) is 9.49. The Morgan fingerprint density at radius 3 is 2.68 bits per heavy atom. The monoisotopic (exact) mass is 458 g/mol. The zero-order chi connectivity index (χ0) is 20.1. The lowest BCUT2D eigenvalue weighted by Crippen LogP contribution is -2.43. The minimum absolute atomic E-state index is 0.0534. The van der Waals surface area contributed by atoms with Crippen LogP contribution in [0.3, 0.4) is 0 Å². The van der Waals surface area contributed by atoms with Crippen LogP contribution in [0.4, 0.5) is 5.69 Å². The molecule has 0 saturated heterocycles. The van der Waals surface area contributed by atoms with Gasteiger partial charge in [0.05, 0.1) is 10.7 Å². The second-order valence-electron chi connectivity index (χ2n) is 8.17. The second kappa shape index (κ2) is 7.12. The topological polar surface area (TPSA) is 50.3 Å². The Hall–Kier alpha value is -1.98. The number of benzene rings is 1. The van der Waals surface area contributed by atoms with Gasteiger partial charge in [-0.25, -0.2) is 0 Å². The predicted molar refractivity (Wildman–Crippen MR) is 113 cm³/mol. The smallest absolute Gasteiger partial charge is 0.232 e. The highest BCUT2D eigenvalue weighted by Crippen LogP contribution is 2.49. The third kappa shape index (κ3) is 3.42. The van der Waals surface area contributed by atoms with Crippen LogP contribution in [0, 0.1) is 5.41 Å². The van der Waals surface area contributed by atoms with Gasteiger partial charge in [-0.3, -0.25) is 19.5 Å². The molecule has 1 aromatic carbocycles. The van der Waals surface area contributed by atoms with Gasteiger partial charge in [0.1, 0.15) is 0 Å². The van der Waals surface area contributed by atoms with Gasteiger partial charge >= 0.3 is 0 Å². The summed E-state index contributed by atoms with van der Waals surface area (Å²) in [5, 5.41) is 0.477. The van der Waals surface area contributed by atoms with Gasteiger partial charge in [-0.1, -0.05) is 47.4 Å². The van der Waals surface area contributed by atoms with Gasteiger partial charge in [0.2, 0.25) is 5.91 Å². The summed E-state index contributed by atoms with van der Waals surface area (Å²) in [4.78, 5) is 32.3. The van der Waals surface area contributed by atoms with Crippen molar-refractivity contribution in [2.45, 2.75) is 39.0 Å². The Morgan fingerprint density at radius 2 is 2.00 bits per heavy atom. The summed E-state index contributed by atoms with van der Waals surface area (Å²) < 4.78 is 0.841. The van der Waals surface area contributed by atoms with Crippen LogP contribution >= 0.6 is 27.5 Å². The van der Waals surface area contributed by atoms with E-state index in [0.29, 0.717) is 23.6 Å². The molecule has 2 aliphatic rings. The lowest BCUT2D eigenvalue weighted by Gasteiger charge is -2.43. The summed E-state index contributed by atoms with van der Waals surface area (Å²) in [7, 11) is 0. The van der Waals surface area contributed by atoms with E-state index in [9.17, 15) is 9.59 Å². The fourth-order valence-corrected chi connectivity index (χ4v) is 4.98. The first-order valence-electron chi connectivity index (χ1n) is 9.21. The molecule has 1 aliphatic carbocycles. The van der Waals surface area contributed by atoms with Crippen LogP contribution in [0.5, 0.6) is 0 Å². The van der Waals surface area contributed by atoms with Crippen molar-refractivity contribution in [3.63, 3.8) is 0 Å². The van der Waals surface area contributed by atoms with Crippen molar-refractivity contribution < 1.29 is 9.59 Å². The number of carbonyl (C=O) groups excluding carboxylic acids is 2. The average Bonchev–Trinajstić information content (AvgIpc) is 2.62. The summed E-state index contributed by atoms with van der Waals surface area (Å²) >= 11 is 9.89. The first-order chi connectivity index (χ1) is 13.3. The first kappa shape index (κ1) is 19.3. The van der Waals surface area contributed by atoms with E-state index in [1.54, 1.807) is 23.4 Å². The lowest BCUT2D eigenvalue weighted by atomic mass is 9.69. The van der Waals surface area contributed by atoms with Gasteiger partial charge in [-0.2, -0.15) is 0 Å². The number of nitrogens with zero attached hydrogens (tertiary/aromatic N) is 2. The molecule has 4 rings (SSSR count). The number of anilines is 1.